The Morgan fingerprint density at radius 1 is 1.36 bits per heavy atom. The highest BCUT2D eigenvalue weighted by atomic mass is 16.5. The quantitative estimate of drug-likeness (QED) is 0.638. The SMILES string of the molecule is COC1=CC=C2C(=O)CC(C)CC2C1. The Morgan fingerprint density at radius 2 is 2.14 bits per heavy atom. The molecule has 0 N–H and O–H groups in total. The van der Waals surface area contributed by atoms with E-state index in [9.17, 15) is 4.79 Å². The molecule has 1 fully saturated rings. The van der Waals surface area contributed by atoms with Gasteiger partial charge in [0.15, 0.2) is 5.78 Å². The Balaban J connectivity index is 2.22. The monoisotopic (exact) mass is 192 g/mol. The maximum Gasteiger partial charge on any atom is 0.159 e. The van der Waals surface area contributed by atoms with E-state index in [0.717, 1.165) is 30.6 Å². The normalized spacial score (nSPS) is 31.7. The number of carbonyl (C=O) groups excluding carboxylic acids is 1. The number of allylic oxidation sites excluding steroid dienone is 4. The largest absolute Gasteiger partial charge is 0.501 e. The number of hydrogen-bond acceptors (Lipinski definition) is 2. The van der Waals surface area contributed by atoms with E-state index in [-0.39, 0.29) is 0 Å². The second kappa shape index (κ2) is 3.60. The summed E-state index contributed by atoms with van der Waals surface area (Å²) in [4.78, 5) is 11.7. The molecule has 14 heavy (non-hydrogen) atoms. The van der Waals surface area contributed by atoms with Gasteiger partial charge in [0.05, 0.1) is 12.9 Å². The van der Waals surface area contributed by atoms with Gasteiger partial charge in [0.25, 0.3) is 0 Å². The first kappa shape index (κ1) is 9.50. The molecule has 2 aliphatic carbocycles. The average molecular weight is 192 g/mol. The smallest absolute Gasteiger partial charge is 0.159 e. The van der Waals surface area contributed by atoms with Crippen LogP contribution in [0.4, 0.5) is 0 Å². The second-order valence-electron chi connectivity index (χ2n) is 4.33. The van der Waals surface area contributed by atoms with Crippen LogP contribution in [0.25, 0.3) is 0 Å². The molecule has 0 spiro atoms. The van der Waals surface area contributed by atoms with E-state index in [1.54, 1.807) is 7.11 Å². The van der Waals surface area contributed by atoms with Crippen LogP contribution in [0, 0.1) is 11.8 Å². The van der Waals surface area contributed by atoms with Crippen molar-refractivity contribution in [1.29, 1.82) is 0 Å². The molecule has 2 unspecified atom stereocenters. The number of hydrogen-bond donors (Lipinski definition) is 0. The minimum absolute atomic E-state index is 0.333. The molecule has 0 aromatic heterocycles. The van der Waals surface area contributed by atoms with E-state index < -0.39 is 0 Å². The van der Waals surface area contributed by atoms with Crippen molar-refractivity contribution in [2.45, 2.75) is 26.2 Å². The van der Waals surface area contributed by atoms with Crippen LogP contribution in [-0.2, 0) is 9.53 Å². The topological polar surface area (TPSA) is 26.3 Å². The van der Waals surface area contributed by atoms with Crippen LogP contribution < -0.4 is 0 Å². The van der Waals surface area contributed by atoms with Crippen molar-refractivity contribution in [3.05, 3.63) is 23.5 Å². The maximum absolute atomic E-state index is 11.7. The molecule has 0 bridgehead atoms. The van der Waals surface area contributed by atoms with Crippen LogP contribution in [-0.4, -0.2) is 12.9 Å². The van der Waals surface area contributed by atoms with Crippen molar-refractivity contribution < 1.29 is 9.53 Å². The number of ketones is 1. The zero-order valence-electron chi connectivity index (χ0n) is 8.75. The van der Waals surface area contributed by atoms with Crippen LogP contribution in [0.1, 0.15) is 26.2 Å². The van der Waals surface area contributed by atoms with Gasteiger partial charge in [-0.3, -0.25) is 4.79 Å². The lowest BCUT2D eigenvalue weighted by Gasteiger charge is -2.30. The summed E-state index contributed by atoms with van der Waals surface area (Å²) in [7, 11) is 1.69. The zero-order valence-corrected chi connectivity index (χ0v) is 8.75. The van der Waals surface area contributed by atoms with Crippen molar-refractivity contribution in [1.82, 2.24) is 0 Å². The minimum Gasteiger partial charge on any atom is -0.501 e. The molecular weight excluding hydrogens is 176 g/mol. The van der Waals surface area contributed by atoms with E-state index >= 15 is 0 Å². The van der Waals surface area contributed by atoms with Crippen LogP contribution in [0.3, 0.4) is 0 Å². The van der Waals surface area contributed by atoms with Crippen molar-refractivity contribution in [3.63, 3.8) is 0 Å². The molecule has 0 aliphatic heterocycles. The first-order chi connectivity index (χ1) is 6.70. The summed E-state index contributed by atoms with van der Waals surface area (Å²) in [5.74, 6) is 2.27. The highest BCUT2D eigenvalue weighted by molar-refractivity contribution is 5.97. The molecule has 0 amide bonds. The van der Waals surface area contributed by atoms with Crippen molar-refractivity contribution in [3.8, 4) is 0 Å². The van der Waals surface area contributed by atoms with Gasteiger partial charge in [-0.25, -0.2) is 0 Å². The molecule has 76 valence electrons. The van der Waals surface area contributed by atoms with E-state index in [0.29, 0.717) is 17.6 Å². The summed E-state index contributed by atoms with van der Waals surface area (Å²) in [5.41, 5.74) is 1.02. The summed E-state index contributed by atoms with van der Waals surface area (Å²) in [6.45, 7) is 2.15. The lowest BCUT2D eigenvalue weighted by Crippen LogP contribution is -2.26. The van der Waals surface area contributed by atoms with Gasteiger partial charge in [-0.15, -0.1) is 0 Å². The van der Waals surface area contributed by atoms with Crippen LogP contribution >= 0.6 is 0 Å². The lowest BCUT2D eigenvalue weighted by atomic mass is 9.74. The molecule has 0 heterocycles. The molecule has 2 heteroatoms. The number of fused-ring (bicyclic) bond motifs is 1. The third-order valence-corrected chi connectivity index (χ3v) is 3.14. The first-order valence-corrected chi connectivity index (χ1v) is 5.18. The molecule has 0 saturated heterocycles. The van der Waals surface area contributed by atoms with E-state index in [2.05, 4.69) is 6.92 Å². The van der Waals surface area contributed by atoms with Gasteiger partial charge in [0.1, 0.15) is 0 Å². The number of ether oxygens (including phenoxy) is 1. The van der Waals surface area contributed by atoms with Gasteiger partial charge < -0.3 is 4.74 Å². The number of Topliss-reactive ketones (excluding diaryl/α,β-unsaturated/α-hetero) is 1. The standard InChI is InChI=1S/C12H16O2/c1-8-5-9-7-10(14-2)3-4-11(9)12(13)6-8/h3-4,8-9H,5-7H2,1-2H3. The molecule has 0 radical (unpaired) electrons. The molecule has 0 aromatic carbocycles. The molecule has 2 atom stereocenters. The van der Waals surface area contributed by atoms with Gasteiger partial charge in [0, 0.05) is 12.8 Å². The number of rotatable bonds is 1. The fraction of sp³-hybridized carbons (Fsp3) is 0.583. The zero-order chi connectivity index (χ0) is 10.1. The number of carbonyl (C=O) groups is 1. The van der Waals surface area contributed by atoms with Gasteiger partial charge in [-0.2, -0.15) is 0 Å². The molecule has 2 rings (SSSR count). The van der Waals surface area contributed by atoms with E-state index in [4.69, 9.17) is 4.74 Å². The van der Waals surface area contributed by atoms with Gasteiger partial charge in [0.2, 0.25) is 0 Å². The minimum atomic E-state index is 0.333. The average Bonchev–Trinajstić information content (AvgIpc) is 2.16. The molecule has 1 saturated carbocycles. The third kappa shape index (κ3) is 1.61. The summed E-state index contributed by atoms with van der Waals surface area (Å²) in [5, 5.41) is 0. The van der Waals surface area contributed by atoms with Gasteiger partial charge in [-0.05, 0) is 29.9 Å². The molecule has 0 aromatic rings. The fourth-order valence-corrected chi connectivity index (χ4v) is 2.43. The third-order valence-electron chi connectivity index (χ3n) is 3.14. The predicted molar refractivity (Wildman–Crippen MR) is 54.7 cm³/mol. The Labute approximate surface area is 84.6 Å². The van der Waals surface area contributed by atoms with Crippen molar-refractivity contribution >= 4 is 5.78 Å². The van der Waals surface area contributed by atoms with Gasteiger partial charge >= 0.3 is 0 Å². The molecular formula is C12H16O2. The Morgan fingerprint density at radius 3 is 2.86 bits per heavy atom. The summed E-state index contributed by atoms with van der Waals surface area (Å²) < 4.78 is 5.22. The highest BCUT2D eigenvalue weighted by Gasteiger charge is 2.31. The maximum atomic E-state index is 11.7. The van der Waals surface area contributed by atoms with Crippen LogP contribution in [0.15, 0.2) is 23.5 Å². The predicted octanol–water partition coefficient (Wildman–Crippen LogP) is 2.46. The van der Waals surface area contributed by atoms with Crippen molar-refractivity contribution in [2.75, 3.05) is 7.11 Å². The first-order valence-electron chi connectivity index (χ1n) is 5.18. The second-order valence-corrected chi connectivity index (χ2v) is 4.33. The number of methoxy groups -OCH3 is 1. The fourth-order valence-electron chi connectivity index (χ4n) is 2.43. The Bertz CT molecular complexity index is 312. The highest BCUT2D eigenvalue weighted by Crippen LogP contribution is 2.37. The van der Waals surface area contributed by atoms with E-state index in [1.807, 2.05) is 12.2 Å². The molecule has 2 aliphatic rings. The Hall–Kier alpha value is -1.05. The van der Waals surface area contributed by atoms with Crippen LogP contribution in [0.5, 0.6) is 0 Å². The summed E-state index contributed by atoms with van der Waals surface area (Å²) >= 11 is 0. The van der Waals surface area contributed by atoms with Crippen LogP contribution in [0.2, 0.25) is 0 Å². The van der Waals surface area contributed by atoms with E-state index in [1.165, 1.54) is 0 Å². The summed E-state index contributed by atoms with van der Waals surface area (Å²) in [6.07, 6.45) is 6.62. The molecule has 2 nitrogen and oxygen atoms in total. The lowest BCUT2D eigenvalue weighted by molar-refractivity contribution is -0.118. The van der Waals surface area contributed by atoms with Crippen molar-refractivity contribution in [2.24, 2.45) is 11.8 Å². The Kier molecular flexibility index (Phi) is 2.44. The summed E-state index contributed by atoms with van der Waals surface area (Å²) in [6, 6.07) is 0. The van der Waals surface area contributed by atoms with Gasteiger partial charge in [-0.1, -0.05) is 13.0 Å².